The number of hydrogen-bond donors (Lipinski definition) is 1. The van der Waals surface area contributed by atoms with Gasteiger partial charge in [0.05, 0.1) is 23.6 Å². The van der Waals surface area contributed by atoms with Gasteiger partial charge in [0.15, 0.2) is 0 Å². The lowest BCUT2D eigenvalue weighted by atomic mass is 10.2. The van der Waals surface area contributed by atoms with E-state index in [-0.39, 0.29) is 0 Å². The maximum absolute atomic E-state index is 4.60. The van der Waals surface area contributed by atoms with Gasteiger partial charge < -0.3 is 10.2 Å². The number of aryl methyl sites for hydroxylation is 1. The van der Waals surface area contributed by atoms with E-state index < -0.39 is 0 Å². The zero-order valence-electron chi connectivity index (χ0n) is 12.1. The van der Waals surface area contributed by atoms with E-state index in [1.807, 2.05) is 18.5 Å². The fourth-order valence-electron chi connectivity index (χ4n) is 3.36. The highest BCUT2D eigenvalue weighted by Crippen LogP contribution is 2.32. The van der Waals surface area contributed by atoms with Crippen LogP contribution in [0.15, 0.2) is 36.7 Å². The normalized spacial score (nSPS) is 20.6. The summed E-state index contributed by atoms with van der Waals surface area (Å²) in [4.78, 5) is 11.5. The van der Waals surface area contributed by atoms with Crippen molar-refractivity contribution in [2.45, 2.75) is 31.7 Å². The molecule has 4 nitrogen and oxygen atoms in total. The molecule has 1 saturated heterocycles. The molecule has 1 N–H and O–H groups in total. The van der Waals surface area contributed by atoms with E-state index in [0.717, 1.165) is 37.4 Å². The highest BCUT2D eigenvalue weighted by atomic mass is 15.2. The Morgan fingerprint density at radius 3 is 2.81 bits per heavy atom. The third-order valence-corrected chi connectivity index (χ3v) is 4.48. The van der Waals surface area contributed by atoms with Crippen molar-refractivity contribution in [2.24, 2.45) is 0 Å². The Morgan fingerprint density at radius 2 is 2.00 bits per heavy atom. The van der Waals surface area contributed by atoms with Crippen LogP contribution in [-0.2, 0) is 6.42 Å². The number of hydrogen-bond acceptors (Lipinski definition) is 4. The first kappa shape index (κ1) is 12.6. The first-order valence-electron chi connectivity index (χ1n) is 7.81. The Kier molecular flexibility index (Phi) is 3.22. The predicted octanol–water partition coefficient (Wildman–Crippen LogP) is 3.18. The van der Waals surface area contributed by atoms with Crippen molar-refractivity contribution in [3.63, 3.8) is 0 Å². The minimum atomic E-state index is 0.320. The second-order valence-corrected chi connectivity index (χ2v) is 5.88. The Labute approximate surface area is 125 Å². The Morgan fingerprint density at radius 1 is 1.10 bits per heavy atom. The molecule has 0 saturated carbocycles. The molecule has 1 aliphatic heterocycles. The van der Waals surface area contributed by atoms with Crippen LogP contribution in [0.25, 0.3) is 0 Å². The van der Waals surface area contributed by atoms with Gasteiger partial charge in [-0.3, -0.25) is 4.98 Å². The van der Waals surface area contributed by atoms with Crippen molar-refractivity contribution >= 4 is 11.5 Å². The molecule has 0 bridgehead atoms. The third-order valence-electron chi connectivity index (χ3n) is 4.48. The maximum Gasteiger partial charge on any atom is 0.128 e. The van der Waals surface area contributed by atoms with E-state index >= 15 is 0 Å². The fourth-order valence-corrected chi connectivity index (χ4v) is 3.36. The summed E-state index contributed by atoms with van der Waals surface area (Å²) in [7, 11) is 0. The first-order chi connectivity index (χ1) is 10.4. The average Bonchev–Trinajstić information content (AvgIpc) is 3.19. The number of aromatic nitrogens is 2. The van der Waals surface area contributed by atoms with E-state index in [0.29, 0.717) is 6.04 Å². The molecular formula is C17H20N4. The van der Waals surface area contributed by atoms with Crippen molar-refractivity contribution in [1.82, 2.24) is 9.97 Å². The average molecular weight is 280 g/mol. The lowest BCUT2D eigenvalue weighted by molar-refractivity contribution is 0.745. The van der Waals surface area contributed by atoms with Gasteiger partial charge in [-0.2, -0.15) is 0 Å². The summed E-state index contributed by atoms with van der Waals surface area (Å²) in [6, 6.07) is 8.79. The van der Waals surface area contributed by atoms with Gasteiger partial charge in [-0.05, 0) is 49.4 Å². The van der Waals surface area contributed by atoms with Gasteiger partial charge in [-0.25, -0.2) is 4.98 Å². The van der Waals surface area contributed by atoms with Gasteiger partial charge in [-0.1, -0.05) is 6.07 Å². The molecule has 4 heteroatoms. The van der Waals surface area contributed by atoms with E-state index in [2.05, 4.69) is 38.4 Å². The zero-order valence-corrected chi connectivity index (χ0v) is 12.1. The maximum atomic E-state index is 4.60. The highest BCUT2D eigenvalue weighted by Gasteiger charge is 2.23. The summed E-state index contributed by atoms with van der Waals surface area (Å²) >= 11 is 0. The van der Waals surface area contributed by atoms with Crippen LogP contribution in [0.4, 0.5) is 11.5 Å². The summed E-state index contributed by atoms with van der Waals surface area (Å²) in [5, 5.41) is 3.57. The number of anilines is 2. The lowest BCUT2D eigenvalue weighted by Crippen LogP contribution is -2.18. The molecule has 0 radical (unpaired) electrons. The topological polar surface area (TPSA) is 41.1 Å². The predicted molar refractivity (Wildman–Crippen MR) is 84.6 cm³/mol. The number of fused-ring (bicyclic) bond motifs is 1. The molecule has 2 aliphatic rings. The van der Waals surface area contributed by atoms with Gasteiger partial charge in [0.25, 0.3) is 0 Å². The van der Waals surface area contributed by atoms with Crippen LogP contribution in [0, 0.1) is 0 Å². The molecule has 108 valence electrons. The van der Waals surface area contributed by atoms with Gasteiger partial charge >= 0.3 is 0 Å². The van der Waals surface area contributed by atoms with Crippen molar-refractivity contribution < 1.29 is 0 Å². The molecule has 0 amide bonds. The van der Waals surface area contributed by atoms with Crippen LogP contribution in [0.3, 0.4) is 0 Å². The largest absolute Gasteiger partial charge is 0.375 e. The van der Waals surface area contributed by atoms with Crippen molar-refractivity contribution in [1.29, 1.82) is 0 Å². The van der Waals surface area contributed by atoms with Crippen molar-refractivity contribution in [3.8, 4) is 0 Å². The van der Waals surface area contributed by atoms with Crippen LogP contribution >= 0.6 is 0 Å². The molecule has 2 aromatic rings. The summed E-state index contributed by atoms with van der Waals surface area (Å²) < 4.78 is 0. The van der Waals surface area contributed by atoms with E-state index in [4.69, 9.17) is 0 Å². The molecule has 1 atom stereocenters. The second kappa shape index (κ2) is 5.35. The highest BCUT2D eigenvalue weighted by molar-refractivity contribution is 5.50. The van der Waals surface area contributed by atoms with Crippen molar-refractivity contribution in [2.75, 3.05) is 23.3 Å². The molecule has 3 heterocycles. The molecule has 4 rings (SSSR count). The standard InChI is InChI=1S/C17H20N4/c1-2-11-21(10-1)16-8-6-14(12-19-16)20-15-7-5-13-4-3-9-18-17(13)15/h3-4,6,8-9,12,15,20H,1-2,5,7,10-11H2. The van der Waals surface area contributed by atoms with Crippen LogP contribution in [0.5, 0.6) is 0 Å². The van der Waals surface area contributed by atoms with Crippen LogP contribution in [0.1, 0.15) is 36.6 Å². The number of pyridine rings is 2. The number of nitrogens with one attached hydrogen (secondary N) is 1. The van der Waals surface area contributed by atoms with Gasteiger partial charge in [0.1, 0.15) is 5.82 Å². The Bertz CT molecular complexity index is 617. The molecule has 0 aromatic carbocycles. The van der Waals surface area contributed by atoms with E-state index in [1.165, 1.54) is 24.1 Å². The van der Waals surface area contributed by atoms with Crippen molar-refractivity contribution in [3.05, 3.63) is 47.9 Å². The van der Waals surface area contributed by atoms with Crippen LogP contribution in [-0.4, -0.2) is 23.1 Å². The van der Waals surface area contributed by atoms with Crippen LogP contribution < -0.4 is 10.2 Å². The summed E-state index contributed by atoms with van der Waals surface area (Å²) in [6.45, 7) is 2.28. The summed E-state index contributed by atoms with van der Waals surface area (Å²) in [6.07, 6.45) is 8.63. The SMILES string of the molecule is c1cnc2c(c1)CCC2Nc1ccc(N2CCCC2)nc1. The minimum Gasteiger partial charge on any atom is -0.375 e. The molecule has 0 spiro atoms. The van der Waals surface area contributed by atoms with Gasteiger partial charge in [0, 0.05) is 19.3 Å². The first-order valence-corrected chi connectivity index (χ1v) is 7.81. The smallest absolute Gasteiger partial charge is 0.128 e. The summed E-state index contributed by atoms with van der Waals surface area (Å²) in [5.74, 6) is 1.10. The quantitative estimate of drug-likeness (QED) is 0.937. The Hall–Kier alpha value is -2.10. The summed E-state index contributed by atoms with van der Waals surface area (Å²) in [5.41, 5.74) is 3.65. The monoisotopic (exact) mass is 280 g/mol. The van der Waals surface area contributed by atoms with Crippen LogP contribution in [0.2, 0.25) is 0 Å². The molecular weight excluding hydrogens is 260 g/mol. The van der Waals surface area contributed by atoms with Gasteiger partial charge in [0.2, 0.25) is 0 Å². The third kappa shape index (κ3) is 2.46. The zero-order chi connectivity index (χ0) is 14.1. The van der Waals surface area contributed by atoms with E-state index in [1.54, 1.807) is 0 Å². The molecule has 2 aromatic heterocycles. The Balaban J connectivity index is 1.48. The molecule has 1 unspecified atom stereocenters. The number of nitrogens with zero attached hydrogens (tertiary/aromatic N) is 3. The minimum absolute atomic E-state index is 0.320. The second-order valence-electron chi connectivity index (χ2n) is 5.88. The van der Waals surface area contributed by atoms with Gasteiger partial charge in [-0.15, -0.1) is 0 Å². The molecule has 1 aliphatic carbocycles. The molecule has 1 fully saturated rings. The molecule has 21 heavy (non-hydrogen) atoms. The lowest BCUT2D eigenvalue weighted by Gasteiger charge is -2.18. The fraction of sp³-hybridized carbons (Fsp3) is 0.412. The van der Waals surface area contributed by atoms with E-state index in [9.17, 15) is 0 Å². The number of rotatable bonds is 3.